The van der Waals surface area contributed by atoms with Crippen molar-refractivity contribution in [2.45, 2.75) is 44.2 Å². The van der Waals surface area contributed by atoms with Crippen molar-refractivity contribution in [3.8, 4) is 5.75 Å². The van der Waals surface area contributed by atoms with Gasteiger partial charge in [-0.3, -0.25) is 4.99 Å². The summed E-state index contributed by atoms with van der Waals surface area (Å²) in [4.78, 5) is 4.57. The molecule has 4 atom stereocenters. The minimum Gasteiger partial charge on any atom is -0.507 e. The van der Waals surface area contributed by atoms with Gasteiger partial charge in [-0.25, -0.2) is 0 Å². The van der Waals surface area contributed by atoms with Gasteiger partial charge in [0.1, 0.15) is 24.1 Å². The smallest absolute Gasteiger partial charge is 0.494 e. The van der Waals surface area contributed by atoms with E-state index in [9.17, 15) is 5.11 Å². The molecule has 1 N–H and O–H groups in total. The van der Waals surface area contributed by atoms with E-state index >= 15 is 0 Å². The van der Waals surface area contributed by atoms with Crippen molar-refractivity contribution in [1.82, 2.24) is 0 Å². The summed E-state index contributed by atoms with van der Waals surface area (Å²) in [6, 6.07) is 19.2. The summed E-state index contributed by atoms with van der Waals surface area (Å²) < 4.78 is 29.9. The van der Waals surface area contributed by atoms with Gasteiger partial charge in [-0.1, -0.05) is 42.5 Å². The molecule has 0 aromatic heterocycles. The molecule has 3 fully saturated rings. The second-order valence-electron chi connectivity index (χ2n) is 8.99. The van der Waals surface area contributed by atoms with Crippen LogP contribution in [0.4, 0.5) is 5.69 Å². The van der Waals surface area contributed by atoms with Gasteiger partial charge in [-0.05, 0) is 42.9 Å². The van der Waals surface area contributed by atoms with Crippen LogP contribution in [0.3, 0.4) is 0 Å². The molecule has 3 heterocycles. The molecule has 0 aliphatic carbocycles. The predicted molar refractivity (Wildman–Crippen MR) is 124 cm³/mol. The largest absolute Gasteiger partial charge is 0.507 e. The Morgan fingerprint density at radius 3 is 2.82 bits per heavy atom. The van der Waals surface area contributed by atoms with Crippen LogP contribution >= 0.6 is 0 Å². The fourth-order valence-corrected chi connectivity index (χ4v) is 4.66. The number of benzene rings is 3. The zero-order valence-corrected chi connectivity index (χ0v) is 18.4. The Hall–Kier alpha value is -2.75. The van der Waals surface area contributed by atoms with Crippen LogP contribution in [-0.2, 0) is 23.5 Å². The van der Waals surface area contributed by atoms with Gasteiger partial charge in [0.15, 0.2) is 12.1 Å². The number of hydrogen-bond acceptors (Lipinski definition) is 7. The predicted octanol–water partition coefficient (Wildman–Crippen LogP) is 3.28. The second-order valence-corrected chi connectivity index (χ2v) is 8.99. The highest BCUT2D eigenvalue weighted by Gasteiger charge is 2.57. The molecular weight excluding hydrogens is 421 g/mol. The number of ether oxygens (including phenoxy) is 3. The van der Waals surface area contributed by atoms with Gasteiger partial charge in [0, 0.05) is 17.2 Å². The number of rotatable bonds is 3. The molecule has 0 saturated carbocycles. The zero-order chi connectivity index (χ0) is 22.6. The lowest BCUT2D eigenvalue weighted by Crippen LogP contribution is -2.53. The third-order valence-corrected chi connectivity index (χ3v) is 6.21. The van der Waals surface area contributed by atoms with Crippen LogP contribution in [0.2, 0.25) is 0 Å². The number of aromatic hydroxyl groups is 1. The number of fused-ring (bicyclic) bond motifs is 4. The number of aliphatic imine (C=N–C) groups is 1. The molecule has 0 spiro atoms. The van der Waals surface area contributed by atoms with Gasteiger partial charge in [0.05, 0.1) is 12.3 Å². The quantitative estimate of drug-likeness (QED) is 0.493. The molecule has 3 saturated heterocycles. The summed E-state index contributed by atoms with van der Waals surface area (Å²) >= 11 is 0. The van der Waals surface area contributed by atoms with Crippen molar-refractivity contribution in [3.63, 3.8) is 0 Å². The lowest BCUT2D eigenvalue weighted by molar-refractivity contribution is -0.221. The maximum Gasteiger partial charge on any atom is 0.494 e. The first kappa shape index (κ1) is 20.8. The number of nitrogens with zero attached hydrogens (tertiary/aromatic N) is 1. The molecule has 3 aromatic rings. The molecule has 7 nitrogen and oxygen atoms in total. The van der Waals surface area contributed by atoms with Gasteiger partial charge in [0.25, 0.3) is 0 Å². The van der Waals surface area contributed by atoms with E-state index in [1.54, 1.807) is 6.21 Å². The standard InChI is InChI=1S/C25H24BNO6/c1-25(2)31-23-22-20(30-24(23)32-25)14-29-26(33-22)17-7-5-8-18(12-17)27-13-16-11-10-15-6-3-4-9-19(15)21(16)28/h3-13,20,22-24,28H,14H2,1-2H3/t20-,22+,23-,24-/m1/s1. The first-order valence-electron chi connectivity index (χ1n) is 11.1. The van der Waals surface area contributed by atoms with E-state index in [4.69, 9.17) is 23.5 Å². The highest BCUT2D eigenvalue weighted by atomic mass is 16.8. The molecular formula is C25H24BNO6. The summed E-state index contributed by atoms with van der Waals surface area (Å²) in [5.41, 5.74) is 2.24. The monoisotopic (exact) mass is 445 g/mol. The molecule has 0 radical (unpaired) electrons. The topological polar surface area (TPSA) is 78.7 Å². The van der Waals surface area contributed by atoms with Gasteiger partial charge < -0.3 is 28.6 Å². The first-order chi connectivity index (χ1) is 16.0. The molecule has 0 unspecified atom stereocenters. The van der Waals surface area contributed by atoms with E-state index in [2.05, 4.69) is 4.99 Å². The maximum absolute atomic E-state index is 10.6. The van der Waals surface area contributed by atoms with E-state index in [0.717, 1.165) is 21.9 Å². The number of phenols is 1. The Bertz CT molecular complexity index is 1230. The molecule has 0 bridgehead atoms. The Morgan fingerprint density at radius 1 is 1.03 bits per heavy atom. The van der Waals surface area contributed by atoms with Crippen LogP contribution in [0.5, 0.6) is 5.75 Å². The van der Waals surface area contributed by atoms with E-state index in [0.29, 0.717) is 12.2 Å². The van der Waals surface area contributed by atoms with Crippen molar-refractivity contribution >= 4 is 35.3 Å². The molecule has 0 amide bonds. The minimum atomic E-state index is -0.694. The van der Waals surface area contributed by atoms with Crippen molar-refractivity contribution in [3.05, 3.63) is 66.2 Å². The average Bonchev–Trinajstić information content (AvgIpc) is 3.30. The molecule has 3 aliphatic rings. The molecule has 33 heavy (non-hydrogen) atoms. The van der Waals surface area contributed by atoms with Crippen LogP contribution in [0.15, 0.2) is 65.7 Å². The molecule has 3 aliphatic heterocycles. The fourth-order valence-electron chi connectivity index (χ4n) is 4.66. The third-order valence-electron chi connectivity index (χ3n) is 6.21. The normalized spacial score (nSPS) is 28.4. The Labute approximate surface area is 192 Å². The summed E-state index contributed by atoms with van der Waals surface area (Å²) in [6.07, 6.45) is 0.457. The van der Waals surface area contributed by atoms with Crippen LogP contribution < -0.4 is 5.46 Å². The van der Waals surface area contributed by atoms with Gasteiger partial charge in [-0.15, -0.1) is 0 Å². The van der Waals surface area contributed by atoms with Crippen molar-refractivity contribution < 1.29 is 28.6 Å². The van der Waals surface area contributed by atoms with Gasteiger partial charge in [-0.2, -0.15) is 0 Å². The van der Waals surface area contributed by atoms with E-state index < -0.39 is 19.2 Å². The Kier molecular flexibility index (Phi) is 5.01. The summed E-state index contributed by atoms with van der Waals surface area (Å²) in [5, 5.41) is 12.4. The van der Waals surface area contributed by atoms with Gasteiger partial charge >= 0.3 is 7.12 Å². The highest BCUT2D eigenvalue weighted by molar-refractivity contribution is 6.61. The SMILES string of the molecule is CC1(C)O[C@H]2O[C@@H]3COB(c4cccc(N=Cc5ccc6ccccc6c5O)c4)O[C@@H]3[C@H]2O1. The van der Waals surface area contributed by atoms with Gasteiger partial charge in [0.2, 0.25) is 0 Å². The first-order valence-corrected chi connectivity index (χ1v) is 11.1. The van der Waals surface area contributed by atoms with Crippen LogP contribution in [0, 0.1) is 0 Å². The maximum atomic E-state index is 10.6. The Balaban J connectivity index is 1.21. The van der Waals surface area contributed by atoms with Crippen molar-refractivity contribution in [2.75, 3.05) is 6.61 Å². The molecule has 168 valence electrons. The lowest BCUT2D eigenvalue weighted by atomic mass is 9.77. The van der Waals surface area contributed by atoms with Crippen molar-refractivity contribution in [2.24, 2.45) is 4.99 Å². The number of phenolic OH excluding ortho intramolecular Hbond substituents is 1. The summed E-state index contributed by atoms with van der Waals surface area (Å²) in [7, 11) is -0.551. The summed E-state index contributed by atoms with van der Waals surface area (Å²) in [5.74, 6) is -0.476. The molecule has 6 rings (SSSR count). The third kappa shape index (κ3) is 3.84. The lowest BCUT2D eigenvalue weighted by Gasteiger charge is -2.32. The molecule has 8 heteroatoms. The summed E-state index contributed by atoms with van der Waals surface area (Å²) in [6.45, 7) is 4.14. The van der Waals surface area contributed by atoms with E-state index in [-0.39, 0.29) is 24.1 Å². The fraction of sp³-hybridized carbons (Fsp3) is 0.320. The number of hydrogen-bond donors (Lipinski definition) is 1. The zero-order valence-electron chi connectivity index (χ0n) is 18.4. The van der Waals surface area contributed by atoms with Crippen LogP contribution in [-0.4, -0.2) is 55.4 Å². The van der Waals surface area contributed by atoms with Crippen LogP contribution in [0.1, 0.15) is 19.4 Å². The minimum absolute atomic E-state index is 0.218. The van der Waals surface area contributed by atoms with E-state index in [1.165, 1.54) is 0 Å². The average molecular weight is 445 g/mol. The van der Waals surface area contributed by atoms with Crippen LogP contribution in [0.25, 0.3) is 10.8 Å². The van der Waals surface area contributed by atoms with Crippen molar-refractivity contribution in [1.29, 1.82) is 0 Å². The molecule has 3 aromatic carbocycles. The Morgan fingerprint density at radius 2 is 1.91 bits per heavy atom. The van der Waals surface area contributed by atoms with E-state index in [1.807, 2.05) is 74.5 Å². The highest BCUT2D eigenvalue weighted by Crippen LogP contribution is 2.40. The second kappa shape index (κ2) is 7.93.